The van der Waals surface area contributed by atoms with E-state index < -0.39 is 10.0 Å². The predicted molar refractivity (Wildman–Crippen MR) is 87.7 cm³/mol. The molecule has 23 heavy (non-hydrogen) atoms. The Morgan fingerprint density at radius 1 is 1.26 bits per heavy atom. The lowest BCUT2D eigenvalue weighted by Gasteiger charge is -2.21. The number of aliphatic hydroxyl groups is 1. The van der Waals surface area contributed by atoms with Gasteiger partial charge in [0.25, 0.3) is 5.91 Å². The molecular formula is C16H24N2O4S. The second-order valence-electron chi connectivity index (χ2n) is 5.79. The standard InChI is InChI=1S/C16H24N2O4S/c1-2-3-10-18(11-12-19)16(20)13-4-8-15(9-5-13)23(21,22)17-14-6-7-14/h4-5,8-9,14,17,19H,2-3,6-7,10-12H2,1H3. The quantitative estimate of drug-likeness (QED) is 0.711. The molecular weight excluding hydrogens is 316 g/mol. The summed E-state index contributed by atoms with van der Waals surface area (Å²) < 4.78 is 26.8. The van der Waals surface area contributed by atoms with Crippen LogP contribution in [0.15, 0.2) is 29.2 Å². The average Bonchev–Trinajstić information content (AvgIpc) is 3.34. The monoisotopic (exact) mass is 340 g/mol. The summed E-state index contributed by atoms with van der Waals surface area (Å²) in [6.45, 7) is 2.81. The molecule has 6 nitrogen and oxygen atoms in total. The van der Waals surface area contributed by atoms with E-state index in [0.29, 0.717) is 12.1 Å². The zero-order chi connectivity index (χ0) is 16.9. The molecule has 1 fully saturated rings. The number of sulfonamides is 1. The summed E-state index contributed by atoms with van der Waals surface area (Å²) in [6.07, 6.45) is 3.58. The third-order valence-electron chi connectivity index (χ3n) is 3.75. The number of nitrogens with zero attached hydrogens (tertiary/aromatic N) is 1. The van der Waals surface area contributed by atoms with Gasteiger partial charge in [-0.25, -0.2) is 13.1 Å². The fourth-order valence-electron chi connectivity index (χ4n) is 2.23. The van der Waals surface area contributed by atoms with Crippen molar-refractivity contribution >= 4 is 15.9 Å². The highest BCUT2D eigenvalue weighted by Crippen LogP contribution is 2.22. The topological polar surface area (TPSA) is 86.7 Å². The molecule has 128 valence electrons. The molecule has 1 amide bonds. The Kier molecular flexibility index (Phi) is 6.15. The van der Waals surface area contributed by atoms with E-state index >= 15 is 0 Å². The molecule has 1 aromatic rings. The van der Waals surface area contributed by atoms with Crippen molar-refractivity contribution in [3.63, 3.8) is 0 Å². The number of carbonyl (C=O) groups excluding carboxylic acids is 1. The van der Waals surface area contributed by atoms with Gasteiger partial charge in [0.05, 0.1) is 11.5 Å². The minimum absolute atomic E-state index is 0.0513. The first kappa shape index (κ1) is 17.9. The van der Waals surface area contributed by atoms with E-state index in [9.17, 15) is 13.2 Å². The lowest BCUT2D eigenvalue weighted by atomic mass is 10.2. The third-order valence-corrected chi connectivity index (χ3v) is 5.29. The molecule has 0 atom stereocenters. The molecule has 1 aliphatic rings. The van der Waals surface area contributed by atoms with Gasteiger partial charge >= 0.3 is 0 Å². The third kappa shape index (κ3) is 5.02. The van der Waals surface area contributed by atoms with Gasteiger partial charge in [0.15, 0.2) is 0 Å². The van der Waals surface area contributed by atoms with Crippen LogP contribution in [-0.4, -0.2) is 50.1 Å². The Bertz CT molecular complexity index is 624. The number of aliphatic hydroxyl groups excluding tert-OH is 1. The minimum Gasteiger partial charge on any atom is -0.395 e. The molecule has 0 spiro atoms. The van der Waals surface area contributed by atoms with Gasteiger partial charge in [0.1, 0.15) is 0 Å². The van der Waals surface area contributed by atoms with Crippen molar-refractivity contribution in [2.45, 2.75) is 43.5 Å². The minimum atomic E-state index is -3.50. The number of hydrogen-bond donors (Lipinski definition) is 2. The summed E-state index contributed by atoms with van der Waals surface area (Å²) in [5.41, 5.74) is 0.430. The molecule has 0 radical (unpaired) electrons. The first-order valence-corrected chi connectivity index (χ1v) is 9.48. The normalized spacial score (nSPS) is 14.7. The van der Waals surface area contributed by atoms with Crippen molar-refractivity contribution in [1.29, 1.82) is 0 Å². The zero-order valence-corrected chi connectivity index (χ0v) is 14.2. The predicted octanol–water partition coefficient (Wildman–Crippen LogP) is 1.36. The van der Waals surface area contributed by atoms with Crippen LogP contribution in [-0.2, 0) is 10.0 Å². The Hall–Kier alpha value is -1.44. The summed E-state index contributed by atoms with van der Waals surface area (Å²) in [5.74, 6) is -0.188. The number of carbonyl (C=O) groups is 1. The van der Waals surface area contributed by atoms with Crippen LogP contribution in [0.4, 0.5) is 0 Å². The second-order valence-corrected chi connectivity index (χ2v) is 7.50. The number of amides is 1. The van der Waals surface area contributed by atoms with Crippen LogP contribution in [0.3, 0.4) is 0 Å². The summed E-state index contributed by atoms with van der Waals surface area (Å²) in [4.78, 5) is 14.2. The van der Waals surface area contributed by atoms with E-state index in [-0.39, 0.29) is 30.0 Å². The van der Waals surface area contributed by atoms with Gasteiger partial charge in [-0.05, 0) is 43.5 Å². The van der Waals surface area contributed by atoms with Crippen LogP contribution in [0.2, 0.25) is 0 Å². The molecule has 0 aromatic heterocycles. The lowest BCUT2D eigenvalue weighted by molar-refractivity contribution is 0.0719. The molecule has 0 aliphatic heterocycles. The molecule has 2 N–H and O–H groups in total. The maximum atomic E-state index is 12.4. The molecule has 1 saturated carbocycles. The van der Waals surface area contributed by atoms with E-state index in [4.69, 9.17) is 5.11 Å². The van der Waals surface area contributed by atoms with Gasteiger partial charge in [-0.2, -0.15) is 0 Å². The van der Waals surface area contributed by atoms with Gasteiger partial charge in [-0.1, -0.05) is 13.3 Å². The van der Waals surface area contributed by atoms with Crippen LogP contribution >= 0.6 is 0 Å². The molecule has 0 unspecified atom stereocenters. The molecule has 7 heteroatoms. The lowest BCUT2D eigenvalue weighted by Crippen LogP contribution is -2.34. The number of unbranched alkanes of at least 4 members (excludes halogenated alkanes) is 1. The zero-order valence-electron chi connectivity index (χ0n) is 13.4. The van der Waals surface area contributed by atoms with Crippen LogP contribution in [0.1, 0.15) is 43.0 Å². The highest BCUT2D eigenvalue weighted by Gasteiger charge is 2.28. The summed E-state index contributed by atoms with van der Waals surface area (Å²) in [6, 6.07) is 6.01. The number of rotatable bonds is 9. The Morgan fingerprint density at radius 2 is 1.91 bits per heavy atom. The SMILES string of the molecule is CCCCN(CCO)C(=O)c1ccc(S(=O)(=O)NC2CC2)cc1. The largest absolute Gasteiger partial charge is 0.395 e. The smallest absolute Gasteiger partial charge is 0.253 e. The van der Waals surface area contributed by atoms with Gasteiger partial charge in [0.2, 0.25) is 10.0 Å². The first-order chi connectivity index (χ1) is 11.0. The molecule has 0 heterocycles. The van der Waals surface area contributed by atoms with E-state index in [2.05, 4.69) is 4.72 Å². The fourth-order valence-corrected chi connectivity index (χ4v) is 3.54. The number of benzene rings is 1. The van der Waals surface area contributed by atoms with E-state index in [1.807, 2.05) is 6.92 Å². The fraction of sp³-hybridized carbons (Fsp3) is 0.562. The second kappa shape index (κ2) is 7.90. The van der Waals surface area contributed by atoms with Crippen LogP contribution in [0.25, 0.3) is 0 Å². The van der Waals surface area contributed by atoms with Crippen molar-refractivity contribution in [2.24, 2.45) is 0 Å². The van der Waals surface area contributed by atoms with Crippen LogP contribution in [0, 0.1) is 0 Å². The summed E-state index contributed by atoms with van der Waals surface area (Å²) in [5, 5.41) is 9.09. The highest BCUT2D eigenvalue weighted by atomic mass is 32.2. The van der Waals surface area contributed by atoms with Crippen molar-refractivity contribution in [1.82, 2.24) is 9.62 Å². The molecule has 2 rings (SSSR count). The maximum Gasteiger partial charge on any atom is 0.253 e. The molecule has 0 saturated heterocycles. The Labute approximate surface area is 137 Å². The van der Waals surface area contributed by atoms with E-state index in [0.717, 1.165) is 25.7 Å². The Balaban J connectivity index is 2.09. The molecule has 1 aliphatic carbocycles. The summed E-state index contributed by atoms with van der Waals surface area (Å²) >= 11 is 0. The first-order valence-electron chi connectivity index (χ1n) is 8.00. The average molecular weight is 340 g/mol. The van der Waals surface area contributed by atoms with Gasteiger partial charge in [-0.3, -0.25) is 4.79 Å². The molecule has 0 bridgehead atoms. The van der Waals surface area contributed by atoms with Gasteiger partial charge in [-0.15, -0.1) is 0 Å². The van der Waals surface area contributed by atoms with Crippen molar-refractivity contribution in [3.8, 4) is 0 Å². The van der Waals surface area contributed by atoms with Gasteiger partial charge < -0.3 is 10.0 Å². The van der Waals surface area contributed by atoms with Crippen LogP contribution in [0.5, 0.6) is 0 Å². The van der Waals surface area contributed by atoms with E-state index in [1.165, 1.54) is 24.3 Å². The van der Waals surface area contributed by atoms with Crippen LogP contribution < -0.4 is 4.72 Å². The van der Waals surface area contributed by atoms with Crippen molar-refractivity contribution in [2.75, 3.05) is 19.7 Å². The maximum absolute atomic E-state index is 12.4. The van der Waals surface area contributed by atoms with Crippen molar-refractivity contribution in [3.05, 3.63) is 29.8 Å². The van der Waals surface area contributed by atoms with Crippen molar-refractivity contribution < 1.29 is 18.3 Å². The summed E-state index contributed by atoms with van der Waals surface area (Å²) in [7, 11) is -3.50. The van der Waals surface area contributed by atoms with E-state index in [1.54, 1.807) is 4.90 Å². The number of hydrogen-bond acceptors (Lipinski definition) is 4. The van der Waals surface area contributed by atoms with Gasteiger partial charge in [0, 0.05) is 24.7 Å². The Morgan fingerprint density at radius 3 is 2.43 bits per heavy atom. The number of nitrogens with one attached hydrogen (secondary N) is 1. The molecule has 1 aromatic carbocycles. The highest BCUT2D eigenvalue weighted by molar-refractivity contribution is 7.89.